The maximum absolute atomic E-state index is 15.2. The minimum absolute atomic E-state index is 0.101. The number of aryl methyl sites for hydroxylation is 1. The summed E-state index contributed by atoms with van der Waals surface area (Å²) >= 11 is 0. The Morgan fingerprint density at radius 2 is 1.96 bits per heavy atom. The van der Waals surface area contributed by atoms with Crippen molar-refractivity contribution in [3.63, 3.8) is 0 Å². The third-order valence-corrected chi connectivity index (χ3v) is 7.08. The van der Waals surface area contributed by atoms with Crippen molar-refractivity contribution in [3.05, 3.63) is 77.3 Å². The second kappa shape index (κ2) is 5.07. The molecule has 1 atom stereocenters. The zero-order chi connectivity index (χ0) is 19.1. The first kappa shape index (κ1) is 16.7. The largest absolute Gasteiger partial charge is 0.222 e. The molecule has 1 aliphatic carbocycles. The molecule has 0 saturated carbocycles. The van der Waals surface area contributed by atoms with Gasteiger partial charge < -0.3 is 0 Å². The van der Waals surface area contributed by atoms with Gasteiger partial charge in [0.15, 0.2) is 11.7 Å². The molecule has 1 nitrogen and oxygen atoms in total. The van der Waals surface area contributed by atoms with Crippen LogP contribution in [0.2, 0.25) is 0 Å². The lowest BCUT2D eigenvalue weighted by molar-refractivity contribution is -0.744. The third kappa shape index (κ3) is 1.81. The summed E-state index contributed by atoms with van der Waals surface area (Å²) in [6, 6.07) is 10.3. The Hall–Kier alpha value is -2.48. The van der Waals surface area contributed by atoms with Crippen LogP contribution >= 0.6 is 0 Å². The van der Waals surface area contributed by atoms with Gasteiger partial charge in [-0.3, -0.25) is 0 Å². The van der Waals surface area contributed by atoms with Crippen molar-refractivity contribution in [2.24, 2.45) is 0 Å². The van der Waals surface area contributed by atoms with Gasteiger partial charge in [-0.2, -0.15) is 4.57 Å². The Bertz CT molecular complexity index is 1150. The lowest BCUT2D eigenvalue weighted by Crippen LogP contribution is -2.60. The Labute approximate surface area is 160 Å². The molecule has 27 heavy (non-hydrogen) atoms. The number of pyridine rings is 1. The average Bonchev–Trinajstić information content (AvgIpc) is 2.66. The van der Waals surface area contributed by atoms with Crippen molar-refractivity contribution >= 4 is 10.8 Å². The van der Waals surface area contributed by atoms with Crippen LogP contribution in [0.1, 0.15) is 49.4 Å². The lowest BCUT2D eigenvalue weighted by Gasteiger charge is -2.40. The zero-order valence-corrected chi connectivity index (χ0v) is 16.5. The van der Waals surface area contributed by atoms with E-state index in [0.717, 1.165) is 24.0 Å². The molecule has 3 aromatic rings. The first-order chi connectivity index (χ1) is 12.9. The molecule has 2 heteroatoms. The van der Waals surface area contributed by atoms with E-state index in [4.69, 9.17) is 0 Å². The minimum Gasteiger partial charge on any atom is -0.207 e. The van der Waals surface area contributed by atoms with Crippen molar-refractivity contribution in [3.8, 4) is 11.3 Å². The highest BCUT2D eigenvalue weighted by Gasteiger charge is 2.49. The molecular weight excluding hydrogens is 333 g/mol. The van der Waals surface area contributed by atoms with Crippen molar-refractivity contribution < 1.29 is 8.96 Å². The number of hydrogen-bond donors (Lipinski definition) is 0. The van der Waals surface area contributed by atoms with Gasteiger partial charge in [0.25, 0.3) is 0 Å². The number of rotatable bonds is 2. The molecule has 2 heterocycles. The predicted molar refractivity (Wildman–Crippen MR) is 109 cm³/mol. The van der Waals surface area contributed by atoms with Gasteiger partial charge in [0.2, 0.25) is 5.69 Å². The minimum atomic E-state index is -0.367. The van der Waals surface area contributed by atoms with E-state index in [2.05, 4.69) is 69.3 Å². The van der Waals surface area contributed by atoms with E-state index in [9.17, 15) is 0 Å². The van der Waals surface area contributed by atoms with Gasteiger partial charge in [-0.05, 0) is 41.1 Å². The maximum atomic E-state index is 15.2. The van der Waals surface area contributed by atoms with Crippen LogP contribution in [0.3, 0.4) is 0 Å². The Morgan fingerprint density at radius 1 is 1.19 bits per heavy atom. The van der Waals surface area contributed by atoms with Crippen LogP contribution in [0.25, 0.3) is 22.0 Å². The predicted octanol–water partition coefficient (Wildman–Crippen LogP) is 5.73. The highest BCUT2D eigenvalue weighted by molar-refractivity contribution is 6.02. The molecule has 0 saturated heterocycles. The number of halogens is 1. The van der Waals surface area contributed by atoms with Gasteiger partial charge in [0.1, 0.15) is 5.82 Å². The maximum Gasteiger partial charge on any atom is 0.222 e. The summed E-state index contributed by atoms with van der Waals surface area (Å²) in [7, 11) is 0. The highest BCUT2D eigenvalue weighted by atomic mass is 19.1. The molecule has 2 aliphatic rings. The number of allylic oxidation sites excluding steroid dienone is 1. The molecule has 0 radical (unpaired) electrons. The van der Waals surface area contributed by atoms with Crippen LogP contribution in [0.15, 0.2) is 49.2 Å². The molecule has 1 aromatic heterocycles. The Balaban J connectivity index is 2.10. The average molecular weight is 358 g/mol. The van der Waals surface area contributed by atoms with Crippen LogP contribution < -0.4 is 4.57 Å². The zero-order valence-electron chi connectivity index (χ0n) is 16.5. The fourth-order valence-corrected chi connectivity index (χ4v) is 5.48. The monoisotopic (exact) mass is 358 g/mol. The van der Waals surface area contributed by atoms with E-state index in [-0.39, 0.29) is 16.8 Å². The van der Waals surface area contributed by atoms with Gasteiger partial charge in [0.05, 0.1) is 10.9 Å². The summed E-state index contributed by atoms with van der Waals surface area (Å²) in [5.74, 6) is -0.101. The molecule has 0 amide bonds. The van der Waals surface area contributed by atoms with E-state index >= 15 is 4.39 Å². The Kier molecular flexibility index (Phi) is 3.13. The number of benzene rings is 2. The molecule has 1 aliphatic heterocycles. The van der Waals surface area contributed by atoms with Gasteiger partial charge in [-0.15, -0.1) is 0 Å². The van der Waals surface area contributed by atoms with Crippen molar-refractivity contribution in [1.82, 2.24) is 0 Å². The SMILES string of the molecule is C=CC1(CC)Cc2ccc(F)c3c2-c2c4c(ccc(C)c4cc[n+]21)C3(C)C. The smallest absolute Gasteiger partial charge is 0.207 e. The summed E-state index contributed by atoms with van der Waals surface area (Å²) < 4.78 is 17.6. The molecule has 2 aromatic carbocycles. The molecule has 5 rings (SSSR count). The van der Waals surface area contributed by atoms with Crippen LogP contribution in [0.5, 0.6) is 0 Å². The van der Waals surface area contributed by atoms with Gasteiger partial charge in [-0.25, -0.2) is 4.39 Å². The second-order valence-corrected chi connectivity index (χ2v) is 8.67. The fourth-order valence-electron chi connectivity index (χ4n) is 5.48. The summed E-state index contributed by atoms with van der Waals surface area (Å²) in [5, 5.41) is 2.55. The first-order valence-corrected chi connectivity index (χ1v) is 9.80. The van der Waals surface area contributed by atoms with E-state index in [0.29, 0.717) is 0 Å². The summed E-state index contributed by atoms with van der Waals surface area (Å²) in [5.41, 5.74) is 6.29. The molecular formula is C25H25FN+. The number of nitrogens with zero attached hydrogens (tertiary/aromatic N) is 1. The molecule has 0 N–H and O–H groups in total. The van der Waals surface area contributed by atoms with Crippen molar-refractivity contribution in [2.45, 2.75) is 51.5 Å². The molecule has 0 bridgehead atoms. The van der Waals surface area contributed by atoms with Gasteiger partial charge in [-0.1, -0.05) is 45.5 Å². The van der Waals surface area contributed by atoms with Crippen molar-refractivity contribution in [1.29, 1.82) is 0 Å². The van der Waals surface area contributed by atoms with Crippen LogP contribution in [0.4, 0.5) is 4.39 Å². The topological polar surface area (TPSA) is 3.88 Å². The summed E-state index contributed by atoms with van der Waals surface area (Å²) in [6.45, 7) is 12.9. The molecule has 1 unspecified atom stereocenters. The standard InChI is InChI=1S/C25H25FN/c1-6-25(7-2)14-16-9-11-19(26)22-20(16)23-21-17(12-13-27(23)25)15(3)8-10-18(21)24(22,4)5/h6,8-13H,1,7,14H2,2-5H3/q+1. The van der Waals surface area contributed by atoms with Gasteiger partial charge in [0, 0.05) is 29.9 Å². The first-order valence-electron chi connectivity index (χ1n) is 9.80. The molecule has 136 valence electrons. The second-order valence-electron chi connectivity index (χ2n) is 8.67. The lowest BCUT2D eigenvalue weighted by atomic mass is 9.65. The number of aromatic nitrogens is 1. The van der Waals surface area contributed by atoms with Crippen LogP contribution in [-0.4, -0.2) is 0 Å². The molecule has 0 spiro atoms. The van der Waals surface area contributed by atoms with E-state index in [1.165, 1.54) is 33.2 Å². The number of hydrogen-bond acceptors (Lipinski definition) is 0. The van der Waals surface area contributed by atoms with Crippen LogP contribution in [-0.2, 0) is 17.4 Å². The summed E-state index contributed by atoms with van der Waals surface area (Å²) in [6.07, 6.45) is 6.08. The van der Waals surface area contributed by atoms with E-state index in [1.807, 2.05) is 6.07 Å². The fraction of sp³-hybridized carbons (Fsp3) is 0.320. The normalized spacial score (nSPS) is 21.4. The quantitative estimate of drug-likeness (QED) is 0.407. The molecule has 0 fully saturated rings. The Morgan fingerprint density at radius 3 is 2.67 bits per heavy atom. The van der Waals surface area contributed by atoms with Crippen molar-refractivity contribution in [2.75, 3.05) is 0 Å². The third-order valence-electron chi connectivity index (χ3n) is 7.08. The summed E-state index contributed by atoms with van der Waals surface area (Å²) in [4.78, 5) is 0. The highest BCUT2D eigenvalue weighted by Crippen LogP contribution is 2.52. The van der Waals surface area contributed by atoms with Crippen LogP contribution in [0, 0.1) is 12.7 Å². The van der Waals surface area contributed by atoms with Gasteiger partial charge >= 0.3 is 0 Å². The van der Waals surface area contributed by atoms with E-state index < -0.39 is 0 Å². The van der Waals surface area contributed by atoms with E-state index in [1.54, 1.807) is 6.07 Å².